The highest BCUT2D eigenvalue weighted by molar-refractivity contribution is 5.62. The molecule has 0 fully saturated rings. The molecule has 0 radical (unpaired) electrons. The summed E-state index contributed by atoms with van der Waals surface area (Å²) in [5.74, 6) is 0. The molecule has 1 heterocycles. The van der Waals surface area contributed by atoms with E-state index in [1.54, 1.807) is 0 Å². The summed E-state index contributed by atoms with van der Waals surface area (Å²) in [6.45, 7) is 0. The van der Waals surface area contributed by atoms with Gasteiger partial charge in [0.15, 0.2) is 0 Å². The molecule has 0 aliphatic carbocycles. The number of aromatic nitrogens is 1. The lowest BCUT2D eigenvalue weighted by atomic mass is 10.3. The molecule has 4 N–H and O–H groups in total. The Morgan fingerprint density at radius 2 is 2.10 bits per heavy atom. The first-order valence-electron chi connectivity index (χ1n) is 2.65. The molecule has 1 aromatic rings. The van der Waals surface area contributed by atoms with E-state index < -0.39 is 0 Å². The van der Waals surface area contributed by atoms with Crippen LogP contribution in [0.2, 0.25) is 0 Å². The Kier molecular flexibility index (Phi) is 1.42. The summed E-state index contributed by atoms with van der Waals surface area (Å²) < 4.78 is 0. The number of nitriles is 1. The Hall–Kier alpha value is -1.76. The fraction of sp³-hybridized carbons (Fsp3) is 0. The molecular weight excluding hydrogens is 128 g/mol. The van der Waals surface area contributed by atoms with Crippen LogP contribution in [0, 0.1) is 11.3 Å². The predicted octanol–water partition coefficient (Wildman–Crippen LogP) is 0.118. The first-order valence-corrected chi connectivity index (χ1v) is 2.65. The van der Waals surface area contributed by atoms with Crippen molar-refractivity contribution >= 4 is 11.4 Å². The number of hydrogen-bond acceptors (Lipinski definition) is 4. The van der Waals surface area contributed by atoms with Crippen LogP contribution in [0.15, 0.2) is 12.3 Å². The normalized spacial score (nSPS) is 8.70. The highest BCUT2D eigenvalue weighted by Crippen LogP contribution is 2.11. The van der Waals surface area contributed by atoms with Crippen LogP contribution in [0.1, 0.15) is 5.69 Å². The number of nitrogens with two attached hydrogens (primary N) is 2. The van der Waals surface area contributed by atoms with Crippen LogP contribution in [0.5, 0.6) is 0 Å². The largest absolute Gasteiger partial charge is 0.397 e. The molecule has 1 rings (SSSR count). The lowest BCUT2D eigenvalue weighted by molar-refractivity contribution is 1.27. The van der Waals surface area contributed by atoms with Gasteiger partial charge in [-0.1, -0.05) is 0 Å². The molecule has 1 aromatic heterocycles. The quantitative estimate of drug-likeness (QED) is 0.527. The van der Waals surface area contributed by atoms with Gasteiger partial charge < -0.3 is 11.5 Å². The number of anilines is 2. The highest BCUT2D eigenvalue weighted by atomic mass is 14.8. The number of rotatable bonds is 0. The monoisotopic (exact) mass is 134 g/mol. The molecule has 0 atom stereocenters. The number of nitrogens with zero attached hydrogens (tertiary/aromatic N) is 2. The molecule has 0 aliphatic rings. The van der Waals surface area contributed by atoms with Gasteiger partial charge in [0, 0.05) is 0 Å². The minimum Gasteiger partial charge on any atom is -0.397 e. The number of hydrogen-bond donors (Lipinski definition) is 2. The molecule has 50 valence electrons. The van der Waals surface area contributed by atoms with Crippen LogP contribution >= 0.6 is 0 Å². The van der Waals surface area contributed by atoms with E-state index in [-0.39, 0.29) is 5.69 Å². The zero-order valence-corrected chi connectivity index (χ0v) is 5.20. The zero-order chi connectivity index (χ0) is 7.56. The molecule has 0 amide bonds. The van der Waals surface area contributed by atoms with Gasteiger partial charge >= 0.3 is 0 Å². The van der Waals surface area contributed by atoms with E-state index in [0.717, 1.165) is 0 Å². The van der Waals surface area contributed by atoms with Crippen molar-refractivity contribution in [3.63, 3.8) is 0 Å². The van der Waals surface area contributed by atoms with E-state index >= 15 is 0 Å². The molecule has 0 bridgehead atoms. The van der Waals surface area contributed by atoms with Crippen LogP contribution in [-0.2, 0) is 0 Å². The third-order valence-corrected chi connectivity index (χ3v) is 1.08. The van der Waals surface area contributed by atoms with Gasteiger partial charge in [-0.15, -0.1) is 0 Å². The Labute approximate surface area is 58.1 Å². The maximum Gasteiger partial charge on any atom is 0.142 e. The minimum atomic E-state index is 0.284. The summed E-state index contributed by atoms with van der Waals surface area (Å²) in [7, 11) is 0. The van der Waals surface area contributed by atoms with E-state index in [9.17, 15) is 0 Å². The lowest BCUT2D eigenvalue weighted by Gasteiger charge is -1.96. The van der Waals surface area contributed by atoms with Gasteiger partial charge in [0.05, 0.1) is 17.6 Å². The van der Waals surface area contributed by atoms with Crippen molar-refractivity contribution in [3.05, 3.63) is 18.0 Å². The summed E-state index contributed by atoms with van der Waals surface area (Å²) in [6.07, 6.45) is 1.37. The Balaban J connectivity index is 3.20. The summed E-state index contributed by atoms with van der Waals surface area (Å²) in [4.78, 5) is 3.69. The second-order valence-corrected chi connectivity index (χ2v) is 1.81. The zero-order valence-electron chi connectivity index (χ0n) is 5.20. The van der Waals surface area contributed by atoms with Crippen molar-refractivity contribution in [2.24, 2.45) is 0 Å². The van der Waals surface area contributed by atoms with Crippen molar-refractivity contribution in [2.75, 3.05) is 11.5 Å². The first-order chi connectivity index (χ1) is 4.74. The predicted molar refractivity (Wildman–Crippen MR) is 37.8 cm³/mol. The van der Waals surface area contributed by atoms with E-state index in [2.05, 4.69) is 4.98 Å². The molecule has 0 aromatic carbocycles. The number of nitrogen functional groups attached to an aromatic ring is 2. The van der Waals surface area contributed by atoms with Crippen molar-refractivity contribution in [3.8, 4) is 6.07 Å². The van der Waals surface area contributed by atoms with Gasteiger partial charge in [-0.2, -0.15) is 5.26 Å². The average molecular weight is 134 g/mol. The van der Waals surface area contributed by atoms with E-state index in [0.29, 0.717) is 11.4 Å². The van der Waals surface area contributed by atoms with Gasteiger partial charge in [0.1, 0.15) is 11.8 Å². The minimum absolute atomic E-state index is 0.284. The maximum absolute atomic E-state index is 8.34. The van der Waals surface area contributed by atoms with Crippen LogP contribution in [0.4, 0.5) is 11.4 Å². The van der Waals surface area contributed by atoms with Gasteiger partial charge in [-0.3, -0.25) is 0 Å². The number of pyridine rings is 1. The van der Waals surface area contributed by atoms with Gasteiger partial charge in [-0.25, -0.2) is 4.98 Å². The van der Waals surface area contributed by atoms with Gasteiger partial charge in [-0.05, 0) is 6.07 Å². The molecular formula is C6H6N4. The van der Waals surface area contributed by atoms with E-state index in [1.807, 2.05) is 6.07 Å². The highest BCUT2D eigenvalue weighted by Gasteiger charge is 1.95. The maximum atomic E-state index is 8.34. The summed E-state index contributed by atoms with van der Waals surface area (Å²) in [6, 6.07) is 3.29. The summed E-state index contributed by atoms with van der Waals surface area (Å²) in [5, 5.41) is 8.34. The average Bonchev–Trinajstić information content (AvgIpc) is 1.95. The third kappa shape index (κ3) is 0.977. The Morgan fingerprint density at radius 3 is 2.60 bits per heavy atom. The first kappa shape index (κ1) is 6.36. The molecule has 4 nitrogen and oxygen atoms in total. The Bertz CT molecular complexity index is 286. The van der Waals surface area contributed by atoms with Crippen LogP contribution < -0.4 is 11.5 Å². The fourth-order valence-corrected chi connectivity index (χ4v) is 0.543. The molecule has 4 heteroatoms. The van der Waals surface area contributed by atoms with Crippen molar-refractivity contribution in [1.29, 1.82) is 5.26 Å². The van der Waals surface area contributed by atoms with E-state index in [1.165, 1.54) is 12.3 Å². The topological polar surface area (TPSA) is 88.7 Å². The molecule has 10 heavy (non-hydrogen) atoms. The van der Waals surface area contributed by atoms with Crippen molar-refractivity contribution in [1.82, 2.24) is 4.98 Å². The lowest BCUT2D eigenvalue weighted by Crippen LogP contribution is -1.96. The van der Waals surface area contributed by atoms with Crippen LogP contribution in [0.3, 0.4) is 0 Å². The summed E-state index contributed by atoms with van der Waals surface area (Å²) in [5.41, 5.74) is 11.8. The molecule has 0 saturated carbocycles. The molecule has 0 saturated heterocycles. The fourth-order valence-electron chi connectivity index (χ4n) is 0.543. The standard InChI is InChI=1S/C6H6N4/c7-2-4-1-5(8)6(9)3-10-4/h1,3H,9H2,(H2,8,10). The van der Waals surface area contributed by atoms with Crippen molar-refractivity contribution < 1.29 is 0 Å². The SMILES string of the molecule is N#Cc1cc(N)c(N)cn1. The Morgan fingerprint density at radius 1 is 1.40 bits per heavy atom. The smallest absolute Gasteiger partial charge is 0.142 e. The van der Waals surface area contributed by atoms with Gasteiger partial charge in [0.2, 0.25) is 0 Å². The molecule has 0 aliphatic heterocycles. The summed E-state index contributed by atoms with van der Waals surface area (Å²) >= 11 is 0. The molecule has 0 unspecified atom stereocenters. The van der Waals surface area contributed by atoms with Crippen LogP contribution in [-0.4, -0.2) is 4.98 Å². The van der Waals surface area contributed by atoms with E-state index in [4.69, 9.17) is 16.7 Å². The molecule has 0 spiro atoms. The van der Waals surface area contributed by atoms with Crippen molar-refractivity contribution in [2.45, 2.75) is 0 Å². The second kappa shape index (κ2) is 2.23. The second-order valence-electron chi connectivity index (χ2n) is 1.81. The third-order valence-electron chi connectivity index (χ3n) is 1.08. The van der Waals surface area contributed by atoms with Gasteiger partial charge in [0.25, 0.3) is 0 Å². The van der Waals surface area contributed by atoms with Crippen LogP contribution in [0.25, 0.3) is 0 Å².